The minimum atomic E-state index is -3.68. The molecule has 2 fully saturated rings. The van der Waals surface area contributed by atoms with Crippen molar-refractivity contribution < 1.29 is 22.7 Å². The van der Waals surface area contributed by atoms with E-state index in [0.29, 0.717) is 37.7 Å². The van der Waals surface area contributed by atoms with Gasteiger partial charge in [0.2, 0.25) is 15.9 Å². The average Bonchev–Trinajstić information content (AvgIpc) is 2.85. The molecule has 2 aromatic carbocycles. The van der Waals surface area contributed by atoms with E-state index >= 15 is 0 Å². The topological polar surface area (TPSA) is 88.2 Å². The Bertz CT molecular complexity index is 1110. The number of hydrogen-bond donors (Lipinski definition) is 1. The van der Waals surface area contributed by atoms with Crippen LogP contribution in [-0.2, 0) is 26.1 Å². The van der Waals surface area contributed by atoms with Gasteiger partial charge in [-0.2, -0.15) is 4.31 Å². The SMILES string of the molecule is COc1ccc(S(=O)(=O)N2CCOCC2)cc1NC(=O)C1CCN(Cc2cccc(Cl)c2)CC1. The fourth-order valence-corrected chi connectivity index (χ4v) is 6.01. The van der Waals surface area contributed by atoms with Crippen LogP contribution in [0.4, 0.5) is 5.69 Å². The summed E-state index contributed by atoms with van der Waals surface area (Å²) < 4.78 is 38.1. The third kappa shape index (κ3) is 5.90. The number of benzene rings is 2. The number of morpholine rings is 1. The average molecular weight is 508 g/mol. The summed E-state index contributed by atoms with van der Waals surface area (Å²) in [4.78, 5) is 15.5. The molecule has 1 amide bonds. The van der Waals surface area contributed by atoms with Crippen molar-refractivity contribution in [2.45, 2.75) is 24.3 Å². The number of nitrogens with one attached hydrogen (secondary N) is 1. The lowest BCUT2D eigenvalue weighted by atomic mass is 9.95. The number of nitrogens with zero attached hydrogens (tertiary/aromatic N) is 2. The first-order valence-corrected chi connectivity index (χ1v) is 13.2. The molecule has 10 heteroatoms. The highest BCUT2D eigenvalue weighted by Gasteiger charge is 2.29. The first-order valence-electron chi connectivity index (χ1n) is 11.4. The predicted octanol–water partition coefficient (Wildman–Crippen LogP) is 3.22. The maximum atomic E-state index is 13.0. The number of ether oxygens (including phenoxy) is 2. The molecule has 0 aliphatic carbocycles. The second-order valence-electron chi connectivity index (χ2n) is 8.55. The number of methoxy groups -OCH3 is 1. The van der Waals surface area contributed by atoms with Gasteiger partial charge >= 0.3 is 0 Å². The molecule has 2 heterocycles. The second-order valence-corrected chi connectivity index (χ2v) is 10.9. The predicted molar refractivity (Wildman–Crippen MR) is 131 cm³/mol. The third-order valence-electron chi connectivity index (χ3n) is 6.29. The number of anilines is 1. The van der Waals surface area contributed by atoms with Crippen LogP contribution >= 0.6 is 11.6 Å². The summed E-state index contributed by atoms with van der Waals surface area (Å²) in [5.74, 6) is 0.147. The Morgan fingerprint density at radius 2 is 1.85 bits per heavy atom. The van der Waals surface area contributed by atoms with Gasteiger partial charge in [0.25, 0.3) is 0 Å². The molecule has 8 nitrogen and oxygen atoms in total. The maximum absolute atomic E-state index is 13.0. The standard InChI is InChI=1S/C24H30ClN3O5S/c1-32-23-6-5-21(34(30,31)28-11-13-33-14-12-28)16-22(23)26-24(29)19-7-9-27(10-8-19)17-18-3-2-4-20(25)15-18/h2-6,15-16,19H,7-14,17H2,1H3,(H,26,29). The van der Waals surface area contributed by atoms with Crippen LogP contribution < -0.4 is 10.1 Å². The third-order valence-corrected chi connectivity index (χ3v) is 8.42. The van der Waals surface area contributed by atoms with Gasteiger partial charge in [0.05, 0.1) is 30.9 Å². The molecule has 2 aliphatic heterocycles. The monoisotopic (exact) mass is 507 g/mol. The van der Waals surface area contributed by atoms with E-state index < -0.39 is 10.0 Å². The van der Waals surface area contributed by atoms with Crippen LogP contribution in [-0.4, -0.2) is 70.0 Å². The van der Waals surface area contributed by atoms with Gasteiger partial charge in [0.1, 0.15) is 5.75 Å². The van der Waals surface area contributed by atoms with Gasteiger partial charge in [-0.25, -0.2) is 8.42 Å². The van der Waals surface area contributed by atoms with E-state index in [1.54, 1.807) is 6.07 Å². The second kappa shape index (κ2) is 11.0. The van der Waals surface area contributed by atoms with Crippen LogP contribution in [0.5, 0.6) is 5.75 Å². The van der Waals surface area contributed by atoms with Gasteiger partial charge in [-0.3, -0.25) is 9.69 Å². The lowest BCUT2D eigenvalue weighted by Crippen LogP contribution is -2.40. The molecule has 34 heavy (non-hydrogen) atoms. The van der Waals surface area contributed by atoms with Crippen LogP contribution in [0.15, 0.2) is 47.4 Å². The molecule has 4 rings (SSSR count). The molecule has 0 spiro atoms. The van der Waals surface area contributed by atoms with Crippen molar-refractivity contribution in [2.75, 3.05) is 51.8 Å². The Morgan fingerprint density at radius 1 is 1.12 bits per heavy atom. The van der Waals surface area contributed by atoms with Crippen molar-refractivity contribution >= 4 is 33.2 Å². The molecule has 2 saturated heterocycles. The number of amides is 1. The van der Waals surface area contributed by atoms with Crippen LogP contribution in [0.3, 0.4) is 0 Å². The van der Waals surface area contributed by atoms with Gasteiger partial charge in [-0.1, -0.05) is 23.7 Å². The number of likely N-dealkylation sites (tertiary alicyclic amines) is 1. The van der Waals surface area contributed by atoms with Crippen molar-refractivity contribution in [1.29, 1.82) is 0 Å². The van der Waals surface area contributed by atoms with Crippen LogP contribution in [0.25, 0.3) is 0 Å². The molecule has 2 aliphatic rings. The normalized spacial score (nSPS) is 18.5. The zero-order chi connectivity index (χ0) is 24.1. The molecule has 1 N–H and O–H groups in total. The van der Waals surface area contributed by atoms with E-state index in [1.165, 1.54) is 23.5 Å². The highest BCUT2D eigenvalue weighted by molar-refractivity contribution is 7.89. The molecular weight excluding hydrogens is 478 g/mol. The van der Waals surface area contributed by atoms with Crippen molar-refractivity contribution in [3.63, 3.8) is 0 Å². The zero-order valence-electron chi connectivity index (χ0n) is 19.2. The van der Waals surface area contributed by atoms with Crippen molar-refractivity contribution in [2.24, 2.45) is 5.92 Å². The molecule has 184 valence electrons. The van der Waals surface area contributed by atoms with Crippen LogP contribution in [0.1, 0.15) is 18.4 Å². The van der Waals surface area contributed by atoms with Gasteiger partial charge < -0.3 is 14.8 Å². The summed E-state index contributed by atoms with van der Waals surface area (Å²) in [5.41, 5.74) is 1.52. The van der Waals surface area contributed by atoms with E-state index in [1.807, 2.05) is 18.2 Å². The molecular formula is C24H30ClN3O5S. The first-order chi connectivity index (χ1) is 16.4. The molecule has 0 unspecified atom stereocenters. The minimum absolute atomic E-state index is 0.123. The largest absolute Gasteiger partial charge is 0.495 e. The lowest BCUT2D eigenvalue weighted by molar-refractivity contribution is -0.121. The Hall–Kier alpha value is -2.17. The minimum Gasteiger partial charge on any atom is -0.495 e. The smallest absolute Gasteiger partial charge is 0.243 e. The molecule has 0 atom stereocenters. The molecule has 0 radical (unpaired) electrons. The van der Waals surface area contributed by atoms with E-state index in [0.717, 1.165) is 43.1 Å². The first kappa shape index (κ1) is 24.9. The van der Waals surface area contributed by atoms with E-state index in [4.69, 9.17) is 21.1 Å². The number of sulfonamides is 1. The Morgan fingerprint density at radius 3 is 2.53 bits per heavy atom. The quantitative estimate of drug-likeness (QED) is 0.619. The van der Waals surface area contributed by atoms with E-state index in [2.05, 4.69) is 16.3 Å². The summed E-state index contributed by atoms with van der Waals surface area (Å²) in [6.45, 7) is 3.75. The van der Waals surface area contributed by atoms with Gasteiger partial charge in [0, 0.05) is 30.6 Å². The Kier molecular flexibility index (Phi) is 8.10. The summed E-state index contributed by atoms with van der Waals surface area (Å²) in [7, 11) is -2.18. The summed E-state index contributed by atoms with van der Waals surface area (Å²) in [5, 5.41) is 3.63. The molecule has 0 aromatic heterocycles. The highest BCUT2D eigenvalue weighted by Crippen LogP contribution is 2.31. The zero-order valence-corrected chi connectivity index (χ0v) is 20.8. The number of rotatable bonds is 7. The lowest BCUT2D eigenvalue weighted by Gasteiger charge is -2.31. The molecule has 2 aromatic rings. The van der Waals surface area contributed by atoms with Crippen LogP contribution in [0, 0.1) is 5.92 Å². The fourth-order valence-electron chi connectivity index (χ4n) is 4.36. The number of carbonyl (C=O) groups is 1. The Labute approximate surface area is 205 Å². The van der Waals surface area contributed by atoms with Crippen molar-refractivity contribution in [1.82, 2.24) is 9.21 Å². The van der Waals surface area contributed by atoms with Crippen LogP contribution in [0.2, 0.25) is 5.02 Å². The summed E-state index contributed by atoms with van der Waals surface area (Å²) in [6, 6.07) is 12.4. The van der Waals surface area contributed by atoms with Crippen molar-refractivity contribution in [3.8, 4) is 5.75 Å². The van der Waals surface area contributed by atoms with Gasteiger partial charge in [0.15, 0.2) is 0 Å². The molecule has 0 bridgehead atoms. The van der Waals surface area contributed by atoms with E-state index in [-0.39, 0.29) is 16.7 Å². The summed E-state index contributed by atoms with van der Waals surface area (Å²) >= 11 is 6.08. The van der Waals surface area contributed by atoms with E-state index in [9.17, 15) is 13.2 Å². The number of carbonyl (C=O) groups excluding carboxylic acids is 1. The summed E-state index contributed by atoms with van der Waals surface area (Å²) in [6.07, 6.45) is 1.45. The number of hydrogen-bond acceptors (Lipinski definition) is 6. The highest BCUT2D eigenvalue weighted by atomic mass is 35.5. The fraction of sp³-hybridized carbons (Fsp3) is 0.458. The van der Waals surface area contributed by atoms with Gasteiger partial charge in [-0.05, 0) is 61.8 Å². The number of piperidine rings is 1. The molecule has 0 saturated carbocycles. The van der Waals surface area contributed by atoms with Crippen molar-refractivity contribution in [3.05, 3.63) is 53.1 Å². The maximum Gasteiger partial charge on any atom is 0.243 e. The Balaban J connectivity index is 1.40. The number of halogens is 1. The van der Waals surface area contributed by atoms with Gasteiger partial charge in [-0.15, -0.1) is 0 Å².